The quantitative estimate of drug-likeness (QED) is 0.558. The van der Waals surface area contributed by atoms with E-state index in [2.05, 4.69) is 5.32 Å². The van der Waals surface area contributed by atoms with Crippen LogP contribution in [0.15, 0.2) is 0 Å². The Morgan fingerprint density at radius 2 is 2.40 bits per heavy atom. The maximum Gasteiger partial charge on any atom is 0.404 e. The highest BCUT2D eigenvalue weighted by Gasteiger charge is 2.31. The number of hydrogen-bond acceptors (Lipinski definition) is 2. The van der Waals surface area contributed by atoms with Gasteiger partial charge in [0.1, 0.15) is 0 Å². The lowest BCUT2D eigenvalue weighted by Crippen LogP contribution is -2.45. The van der Waals surface area contributed by atoms with Gasteiger partial charge in [-0.2, -0.15) is 5.26 Å². The molecular formula is C6H8N2O2. The molecule has 0 aliphatic heterocycles. The Bertz CT molecular complexity index is 185. The molecule has 54 valence electrons. The first-order valence-electron chi connectivity index (χ1n) is 3.13. The van der Waals surface area contributed by atoms with E-state index in [9.17, 15) is 4.79 Å². The number of carbonyl (C=O) groups is 1. The molecule has 0 bridgehead atoms. The molecule has 0 radical (unpaired) electrons. The van der Waals surface area contributed by atoms with E-state index in [1.807, 2.05) is 6.07 Å². The standard InChI is InChI=1S/C6H8N2O2/c7-3-4-1-2-5(4)8-6(9)10/h4-5,8H,1-2H2,(H,9,10). The van der Waals surface area contributed by atoms with E-state index in [4.69, 9.17) is 10.4 Å². The van der Waals surface area contributed by atoms with Crippen LogP contribution in [0.2, 0.25) is 0 Å². The number of nitrogens with zero attached hydrogens (tertiary/aromatic N) is 1. The summed E-state index contributed by atoms with van der Waals surface area (Å²) in [5, 5.41) is 18.9. The molecule has 1 aliphatic carbocycles. The van der Waals surface area contributed by atoms with Crippen LogP contribution in [0.25, 0.3) is 0 Å². The van der Waals surface area contributed by atoms with Crippen LogP contribution in [0.1, 0.15) is 12.8 Å². The fraction of sp³-hybridized carbons (Fsp3) is 0.667. The summed E-state index contributed by atoms with van der Waals surface area (Å²) in [4.78, 5) is 10.0. The van der Waals surface area contributed by atoms with E-state index in [1.54, 1.807) is 0 Å². The predicted octanol–water partition coefficient (Wildman–Crippen LogP) is 0.556. The molecule has 0 spiro atoms. The van der Waals surface area contributed by atoms with E-state index in [-0.39, 0.29) is 12.0 Å². The van der Waals surface area contributed by atoms with Crippen LogP contribution in [-0.2, 0) is 0 Å². The second-order valence-electron chi connectivity index (χ2n) is 2.37. The number of rotatable bonds is 1. The van der Waals surface area contributed by atoms with Crippen molar-refractivity contribution in [2.24, 2.45) is 5.92 Å². The van der Waals surface area contributed by atoms with Gasteiger partial charge in [-0.05, 0) is 12.8 Å². The molecule has 1 aliphatic rings. The Morgan fingerprint density at radius 1 is 1.70 bits per heavy atom. The van der Waals surface area contributed by atoms with Crippen LogP contribution in [0.5, 0.6) is 0 Å². The third kappa shape index (κ3) is 1.18. The van der Waals surface area contributed by atoms with Gasteiger partial charge in [0.2, 0.25) is 0 Å². The van der Waals surface area contributed by atoms with Gasteiger partial charge in [0.15, 0.2) is 0 Å². The normalized spacial score (nSPS) is 29.9. The van der Waals surface area contributed by atoms with Crippen molar-refractivity contribution >= 4 is 6.09 Å². The summed E-state index contributed by atoms with van der Waals surface area (Å²) in [7, 11) is 0. The number of carboxylic acid groups (broad SMARTS) is 1. The average molecular weight is 140 g/mol. The molecule has 1 amide bonds. The summed E-state index contributed by atoms with van der Waals surface area (Å²) in [6.07, 6.45) is 0.580. The lowest BCUT2D eigenvalue weighted by molar-refractivity contribution is 0.173. The largest absolute Gasteiger partial charge is 0.465 e. The second kappa shape index (κ2) is 2.56. The van der Waals surface area contributed by atoms with Crippen LogP contribution in [-0.4, -0.2) is 17.2 Å². The van der Waals surface area contributed by atoms with Gasteiger partial charge >= 0.3 is 6.09 Å². The molecule has 1 saturated carbocycles. The highest BCUT2D eigenvalue weighted by atomic mass is 16.4. The molecule has 0 aromatic rings. The Hall–Kier alpha value is -1.24. The van der Waals surface area contributed by atoms with Gasteiger partial charge in [-0.25, -0.2) is 4.79 Å². The maximum atomic E-state index is 10.0. The van der Waals surface area contributed by atoms with Crippen LogP contribution >= 0.6 is 0 Å². The number of nitriles is 1. The van der Waals surface area contributed by atoms with Gasteiger partial charge in [-0.3, -0.25) is 0 Å². The van der Waals surface area contributed by atoms with Gasteiger partial charge in [-0.1, -0.05) is 0 Å². The fourth-order valence-corrected chi connectivity index (χ4v) is 0.986. The highest BCUT2D eigenvalue weighted by molar-refractivity contribution is 5.65. The van der Waals surface area contributed by atoms with Crippen molar-refractivity contribution in [1.29, 1.82) is 5.26 Å². The summed E-state index contributed by atoms with van der Waals surface area (Å²) >= 11 is 0. The van der Waals surface area contributed by atoms with Crippen molar-refractivity contribution in [2.75, 3.05) is 0 Å². The van der Waals surface area contributed by atoms with Gasteiger partial charge in [0.05, 0.1) is 12.0 Å². The summed E-state index contributed by atoms with van der Waals surface area (Å²) < 4.78 is 0. The zero-order valence-electron chi connectivity index (χ0n) is 5.37. The Morgan fingerprint density at radius 3 is 2.70 bits per heavy atom. The minimum absolute atomic E-state index is 0.101. The maximum absolute atomic E-state index is 10.0. The smallest absolute Gasteiger partial charge is 0.404 e. The van der Waals surface area contributed by atoms with Crippen molar-refractivity contribution in [3.05, 3.63) is 0 Å². The summed E-state index contributed by atoms with van der Waals surface area (Å²) in [5.74, 6) is -0.101. The molecular weight excluding hydrogens is 132 g/mol. The van der Waals surface area contributed by atoms with Crippen molar-refractivity contribution in [3.63, 3.8) is 0 Å². The summed E-state index contributed by atoms with van der Waals surface area (Å²) in [6.45, 7) is 0. The third-order valence-corrected chi connectivity index (χ3v) is 1.75. The van der Waals surface area contributed by atoms with Crippen LogP contribution in [0, 0.1) is 17.2 Å². The molecule has 2 unspecified atom stereocenters. The molecule has 1 fully saturated rings. The highest BCUT2D eigenvalue weighted by Crippen LogP contribution is 2.26. The first-order chi connectivity index (χ1) is 4.74. The van der Waals surface area contributed by atoms with Crippen molar-refractivity contribution in [3.8, 4) is 6.07 Å². The molecule has 2 atom stereocenters. The molecule has 4 heteroatoms. The Labute approximate surface area is 58.5 Å². The first kappa shape index (κ1) is 6.87. The zero-order chi connectivity index (χ0) is 7.56. The molecule has 0 aromatic heterocycles. The van der Waals surface area contributed by atoms with Crippen molar-refractivity contribution in [2.45, 2.75) is 18.9 Å². The van der Waals surface area contributed by atoms with Crippen LogP contribution in [0.4, 0.5) is 4.79 Å². The van der Waals surface area contributed by atoms with Crippen molar-refractivity contribution < 1.29 is 9.90 Å². The lowest BCUT2D eigenvalue weighted by Gasteiger charge is -2.30. The monoisotopic (exact) mass is 140 g/mol. The molecule has 0 saturated heterocycles. The minimum atomic E-state index is -1.04. The topological polar surface area (TPSA) is 73.1 Å². The third-order valence-electron chi connectivity index (χ3n) is 1.75. The lowest BCUT2D eigenvalue weighted by atomic mass is 9.81. The molecule has 0 heterocycles. The van der Waals surface area contributed by atoms with Crippen LogP contribution in [0.3, 0.4) is 0 Å². The van der Waals surface area contributed by atoms with Crippen molar-refractivity contribution in [1.82, 2.24) is 5.32 Å². The number of hydrogen-bond donors (Lipinski definition) is 2. The van der Waals surface area contributed by atoms with E-state index in [1.165, 1.54) is 0 Å². The minimum Gasteiger partial charge on any atom is -0.465 e. The van der Waals surface area contributed by atoms with Crippen LogP contribution < -0.4 is 5.32 Å². The number of nitrogens with one attached hydrogen (secondary N) is 1. The predicted molar refractivity (Wildman–Crippen MR) is 33.3 cm³/mol. The van der Waals surface area contributed by atoms with E-state index >= 15 is 0 Å². The van der Waals surface area contributed by atoms with Gasteiger partial charge in [0, 0.05) is 6.04 Å². The SMILES string of the molecule is N#CC1CCC1NC(=O)O. The zero-order valence-corrected chi connectivity index (χ0v) is 5.37. The van der Waals surface area contributed by atoms with Gasteiger partial charge < -0.3 is 10.4 Å². The summed E-state index contributed by atoms with van der Waals surface area (Å²) in [5.41, 5.74) is 0. The van der Waals surface area contributed by atoms with Gasteiger partial charge in [0.25, 0.3) is 0 Å². The van der Waals surface area contributed by atoms with E-state index in [0.29, 0.717) is 0 Å². The number of amides is 1. The molecule has 10 heavy (non-hydrogen) atoms. The summed E-state index contributed by atoms with van der Waals surface area (Å²) in [6, 6.07) is 1.91. The second-order valence-corrected chi connectivity index (χ2v) is 2.37. The van der Waals surface area contributed by atoms with E-state index in [0.717, 1.165) is 12.8 Å². The van der Waals surface area contributed by atoms with E-state index < -0.39 is 6.09 Å². The molecule has 4 nitrogen and oxygen atoms in total. The molecule has 2 N–H and O–H groups in total. The van der Waals surface area contributed by atoms with Gasteiger partial charge in [-0.15, -0.1) is 0 Å². The fourth-order valence-electron chi connectivity index (χ4n) is 0.986. The Kier molecular flexibility index (Phi) is 1.76. The Balaban J connectivity index is 2.31. The first-order valence-corrected chi connectivity index (χ1v) is 3.13. The molecule has 0 aromatic carbocycles. The molecule has 1 rings (SSSR count). The average Bonchev–Trinajstić information content (AvgIpc) is 1.82.